The number of carbonyl (C=O) groups is 1. The van der Waals surface area contributed by atoms with Crippen LogP contribution in [0.25, 0.3) is 0 Å². The summed E-state index contributed by atoms with van der Waals surface area (Å²) in [5.41, 5.74) is 3.15. The quantitative estimate of drug-likeness (QED) is 0.568. The van der Waals surface area contributed by atoms with Gasteiger partial charge in [-0.25, -0.2) is 5.43 Å². The predicted octanol–water partition coefficient (Wildman–Crippen LogP) is 3.93. The number of halogens is 2. The Hall–Kier alpha value is -2.44. The number of nitrogens with one attached hydrogen (secondary N) is 1. The molecule has 0 aliphatic heterocycles. The molecule has 8 heteroatoms. The van der Waals surface area contributed by atoms with Crippen LogP contribution in [0, 0.1) is 0 Å². The molecule has 0 aliphatic carbocycles. The van der Waals surface area contributed by atoms with E-state index in [0.717, 1.165) is 5.56 Å². The van der Waals surface area contributed by atoms with E-state index in [0.29, 0.717) is 27.3 Å². The second-order valence-corrected chi connectivity index (χ2v) is 6.03. The largest absolute Gasteiger partial charge is 0.493 e. The highest BCUT2D eigenvalue weighted by atomic mass is 35.5. The Kier molecular flexibility index (Phi) is 7.12. The summed E-state index contributed by atoms with van der Waals surface area (Å²) >= 11 is 11.9. The molecule has 26 heavy (non-hydrogen) atoms. The van der Waals surface area contributed by atoms with E-state index in [9.17, 15) is 4.79 Å². The standard InChI is InChI=1S/C18H18Cl2N2O4/c1-11(26-15-7-5-13(19)9-14(15)20)18(23)22-21-10-12-4-6-16(24-2)17(8-12)25-3/h4-11H,1-3H3,(H,22,23)/b21-10-. The van der Waals surface area contributed by atoms with Gasteiger partial charge in [-0.2, -0.15) is 5.10 Å². The number of rotatable bonds is 7. The predicted molar refractivity (Wildman–Crippen MR) is 102 cm³/mol. The molecule has 6 nitrogen and oxygen atoms in total. The van der Waals surface area contributed by atoms with Crippen molar-refractivity contribution in [3.63, 3.8) is 0 Å². The van der Waals surface area contributed by atoms with Crippen LogP contribution in [-0.4, -0.2) is 32.4 Å². The number of methoxy groups -OCH3 is 2. The molecule has 0 bridgehead atoms. The number of amides is 1. The van der Waals surface area contributed by atoms with E-state index in [1.54, 1.807) is 51.5 Å². The van der Waals surface area contributed by atoms with Crippen LogP contribution in [0.1, 0.15) is 12.5 Å². The average molecular weight is 397 g/mol. The van der Waals surface area contributed by atoms with E-state index in [1.165, 1.54) is 12.3 Å². The maximum absolute atomic E-state index is 12.1. The van der Waals surface area contributed by atoms with Gasteiger partial charge in [0.15, 0.2) is 17.6 Å². The van der Waals surface area contributed by atoms with Crippen molar-refractivity contribution in [2.45, 2.75) is 13.0 Å². The fourth-order valence-electron chi connectivity index (χ4n) is 2.01. The van der Waals surface area contributed by atoms with Crippen molar-refractivity contribution in [1.29, 1.82) is 0 Å². The van der Waals surface area contributed by atoms with Crippen molar-refractivity contribution in [2.75, 3.05) is 14.2 Å². The first-order chi connectivity index (χ1) is 12.4. The molecule has 0 saturated heterocycles. The molecule has 2 aromatic rings. The molecular weight excluding hydrogens is 379 g/mol. The van der Waals surface area contributed by atoms with E-state index >= 15 is 0 Å². The maximum Gasteiger partial charge on any atom is 0.280 e. The average Bonchev–Trinajstić information content (AvgIpc) is 2.63. The number of hydrogen-bond donors (Lipinski definition) is 1. The van der Waals surface area contributed by atoms with Crippen molar-refractivity contribution in [2.24, 2.45) is 5.10 Å². The lowest BCUT2D eigenvalue weighted by molar-refractivity contribution is -0.127. The summed E-state index contributed by atoms with van der Waals surface area (Å²) in [6, 6.07) is 10.0. The van der Waals surface area contributed by atoms with Crippen LogP contribution in [-0.2, 0) is 4.79 Å². The summed E-state index contributed by atoms with van der Waals surface area (Å²) in [5.74, 6) is 1.11. The Balaban J connectivity index is 1.95. The molecule has 1 unspecified atom stereocenters. The summed E-state index contributed by atoms with van der Waals surface area (Å²) in [6.45, 7) is 1.59. The monoisotopic (exact) mass is 396 g/mol. The first kappa shape index (κ1) is 19.9. The highest BCUT2D eigenvalue weighted by Gasteiger charge is 2.15. The van der Waals surface area contributed by atoms with Crippen molar-refractivity contribution in [1.82, 2.24) is 5.43 Å². The van der Waals surface area contributed by atoms with Crippen molar-refractivity contribution < 1.29 is 19.0 Å². The molecule has 0 aromatic heterocycles. The van der Waals surface area contributed by atoms with Crippen LogP contribution in [0.5, 0.6) is 17.2 Å². The molecule has 1 amide bonds. The Morgan fingerprint density at radius 3 is 2.42 bits per heavy atom. The molecule has 2 rings (SSSR count). The molecule has 0 saturated carbocycles. The number of carbonyl (C=O) groups excluding carboxylic acids is 1. The molecule has 2 aromatic carbocycles. The highest BCUT2D eigenvalue weighted by Crippen LogP contribution is 2.28. The van der Waals surface area contributed by atoms with Crippen molar-refractivity contribution in [3.8, 4) is 17.2 Å². The van der Waals surface area contributed by atoms with Gasteiger partial charge in [0.2, 0.25) is 0 Å². The summed E-state index contributed by atoms with van der Waals surface area (Å²) in [4.78, 5) is 12.1. The van der Waals surface area contributed by atoms with Gasteiger partial charge in [0.25, 0.3) is 5.91 Å². The van der Waals surface area contributed by atoms with Gasteiger partial charge in [-0.05, 0) is 48.9 Å². The summed E-state index contributed by atoms with van der Waals surface area (Å²) in [5, 5.41) is 4.73. The van der Waals surface area contributed by atoms with E-state index in [1.807, 2.05) is 0 Å². The minimum atomic E-state index is -0.795. The third-order valence-electron chi connectivity index (χ3n) is 3.36. The molecule has 138 valence electrons. The Bertz CT molecular complexity index is 812. The smallest absolute Gasteiger partial charge is 0.280 e. The Morgan fingerprint density at radius 1 is 1.08 bits per heavy atom. The topological polar surface area (TPSA) is 69.2 Å². The second kappa shape index (κ2) is 9.31. The van der Waals surface area contributed by atoms with Crippen LogP contribution in [0.2, 0.25) is 10.0 Å². The molecule has 0 aliphatic rings. The Morgan fingerprint density at radius 2 is 1.77 bits per heavy atom. The molecule has 0 heterocycles. The number of hydrogen-bond acceptors (Lipinski definition) is 5. The van der Waals surface area contributed by atoms with Gasteiger partial charge in [-0.1, -0.05) is 23.2 Å². The van der Waals surface area contributed by atoms with Crippen LogP contribution >= 0.6 is 23.2 Å². The first-order valence-corrected chi connectivity index (χ1v) is 8.37. The fourth-order valence-corrected chi connectivity index (χ4v) is 2.46. The minimum absolute atomic E-state index is 0.325. The molecule has 0 fully saturated rings. The van der Waals surface area contributed by atoms with Crippen molar-refractivity contribution in [3.05, 3.63) is 52.0 Å². The van der Waals surface area contributed by atoms with Gasteiger partial charge >= 0.3 is 0 Å². The van der Waals surface area contributed by atoms with Gasteiger partial charge in [0, 0.05) is 5.02 Å². The fraction of sp³-hybridized carbons (Fsp3) is 0.222. The minimum Gasteiger partial charge on any atom is -0.493 e. The summed E-state index contributed by atoms with van der Waals surface area (Å²) in [6.07, 6.45) is 0.693. The molecule has 1 N–H and O–H groups in total. The first-order valence-electron chi connectivity index (χ1n) is 7.61. The number of benzene rings is 2. The molecule has 1 atom stereocenters. The molecule has 0 spiro atoms. The normalized spacial score (nSPS) is 11.9. The zero-order valence-electron chi connectivity index (χ0n) is 14.5. The highest BCUT2D eigenvalue weighted by molar-refractivity contribution is 6.35. The maximum atomic E-state index is 12.1. The number of hydrazone groups is 1. The molecular formula is C18H18Cl2N2O4. The zero-order chi connectivity index (χ0) is 19.1. The van der Waals surface area contributed by atoms with Crippen LogP contribution in [0.15, 0.2) is 41.5 Å². The summed E-state index contributed by atoms with van der Waals surface area (Å²) < 4.78 is 15.9. The second-order valence-electron chi connectivity index (χ2n) is 5.18. The Labute approximate surface area is 161 Å². The van der Waals surface area contributed by atoms with Gasteiger partial charge in [0.05, 0.1) is 25.5 Å². The lowest BCUT2D eigenvalue weighted by Gasteiger charge is -2.14. The van der Waals surface area contributed by atoms with Gasteiger partial charge in [0.1, 0.15) is 5.75 Å². The van der Waals surface area contributed by atoms with Gasteiger partial charge in [-0.15, -0.1) is 0 Å². The zero-order valence-corrected chi connectivity index (χ0v) is 16.0. The summed E-state index contributed by atoms with van der Waals surface area (Å²) in [7, 11) is 3.10. The SMILES string of the molecule is COc1ccc(/C=N\NC(=O)C(C)Oc2ccc(Cl)cc2Cl)cc1OC. The van der Waals surface area contributed by atoms with E-state index < -0.39 is 12.0 Å². The van der Waals surface area contributed by atoms with E-state index in [-0.39, 0.29) is 0 Å². The number of ether oxygens (including phenoxy) is 3. The number of nitrogens with zero attached hydrogens (tertiary/aromatic N) is 1. The van der Waals surface area contributed by atoms with Gasteiger partial charge in [-0.3, -0.25) is 4.79 Å². The van der Waals surface area contributed by atoms with Crippen LogP contribution in [0.4, 0.5) is 0 Å². The van der Waals surface area contributed by atoms with Crippen LogP contribution < -0.4 is 19.6 Å². The third-order valence-corrected chi connectivity index (χ3v) is 3.89. The van der Waals surface area contributed by atoms with Crippen LogP contribution in [0.3, 0.4) is 0 Å². The lowest BCUT2D eigenvalue weighted by atomic mass is 10.2. The lowest BCUT2D eigenvalue weighted by Crippen LogP contribution is -2.33. The van der Waals surface area contributed by atoms with Gasteiger partial charge < -0.3 is 14.2 Å². The van der Waals surface area contributed by atoms with Crippen molar-refractivity contribution >= 4 is 35.3 Å². The third kappa shape index (κ3) is 5.28. The molecule has 0 radical (unpaired) electrons. The van der Waals surface area contributed by atoms with E-state index in [4.69, 9.17) is 37.4 Å². The van der Waals surface area contributed by atoms with E-state index in [2.05, 4.69) is 10.5 Å².